The number of hydrogen-bond donors (Lipinski definition) is 2. The number of aromatic nitrogens is 1. The van der Waals surface area contributed by atoms with E-state index in [2.05, 4.69) is 4.98 Å². The fourth-order valence-electron chi connectivity index (χ4n) is 1.89. The number of pyridine rings is 1. The zero-order valence-electron chi connectivity index (χ0n) is 7.60. The van der Waals surface area contributed by atoms with E-state index in [1.165, 1.54) is 0 Å². The summed E-state index contributed by atoms with van der Waals surface area (Å²) in [6.07, 6.45) is 0. The van der Waals surface area contributed by atoms with E-state index in [1.807, 2.05) is 0 Å². The van der Waals surface area contributed by atoms with Gasteiger partial charge in [0.1, 0.15) is 0 Å². The van der Waals surface area contributed by atoms with E-state index in [9.17, 15) is 23.5 Å². The number of carbonyl (C=O) groups excluding carboxylic acids is 1. The predicted octanol–water partition coefficient (Wildman–Crippen LogP) is 1.06. The molecule has 1 aromatic heterocycles. The summed E-state index contributed by atoms with van der Waals surface area (Å²) in [5.74, 6) is -4.06. The lowest BCUT2D eigenvalue weighted by Crippen LogP contribution is -2.23. The van der Waals surface area contributed by atoms with Crippen molar-refractivity contribution in [2.45, 2.75) is 0 Å². The third-order valence-electron chi connectivity index (χ3n) is 2.62. The Bertz CT molecular complexity index is 733. The normalized spacial score (nSPS) is 13.0. The van der Waals surface area contributed by atoms with Crippen molar-refractivity contribution in [3.63, 3.8) is 0 Å². The van der Waals surface area contributed by atoms with Gasteiger partial charge in [-0.15, -0.1) is 0 Å². The number of benzene rings is 1. The molecular formula is C10H3F2NO3. The van der Waals surface area contributed by atoms with Crippen LogP contribution in [0.15, 0.2) is 10.9 Å². The van der Waals surface area contributed by atoms with Gasteiger partial charge in [0.05, 0.1) is 16.6 Å². The molecule has 2 N–H and O–H groups in total. The molecule has 1 aliphatic carbocycles. The first-order valence-electron chi connectivity index (χ1n) is 4.34. The molecule has 0 aliphatic heterocycles. The zero-order chi connectivity index (χ0) is 11.6. The van der Waals surface area contributed by atoms with Gasteiger partial charge in [-0.05, 0) is 0 Å². The number of nitrogens with one attached hydrogen (secondary N) is 1. The van der Waals surface area contributed by atoms with Crippen LogP contribution in [0.4, 0.5) is 8.78 Å². The van der Waals surface area contributed by atoms with Gasteiger partial charge in [0.2, 0.25) is 5.78 Å². The molecule has 0 saturated carbocycles. The fraction of sp³-hybridized carbons (Fsp3) is 0. The molecule has 1 heterocycles. The van der Waals surface area contributed by atoms with Gasteiger partial charge in [-0.2, -0.15) is 0 Å². The molecular weight excluding hydrogens is 220 g/mol. The summed E-state index contributed by atoms with van der Waals surface area (Å²) in [7, 11) is 0. The minimum Gasteiger partial charge on any atom is -0.502 e. The average Bonchev–Trinajstić information content (AvgIpc) is 2.21. The Morgan fingerprint density at radius 3 is 2.56 bits per heavy atom. The van der Waals surface area contributed by atoms with Crippen LogP contribution in [0.5, 0.6) is 5.75 Å². The molecule has 16 heavy (non-hydrogen) atoms. The minimum atomic E-state index is -1.25. The number of ketones is 1. The summed E-state index contributed by atoms with van der Waals surface area (Å²) in [4.78, 5) is 24.7. The maximum Gasteiger partial charge on any atom is 0.291 e. The van der Waals surface area contributed by atoms with Crippen LogP contribution in [0.1, 0.15) is 15.9 Å². The molecule has 0 radical (unpaired) electrons. The van der Waals surface area contributed by atoms with Gasteiger partial charge in [0, 0.05) is 11.5 Å². The van der Waals surface area contributed by atoms with E-state index in [0.717, 1.165) is 6.07 Å². The molecule has 1 aliphatic rings. The molecule has 0 saturated heterocycles. The van der Waals surface area contributed by atoms with Crippen molar-refractivity contribution in [1.29, 1.82) is 0 Å². The largest absolute Gasteiger partial charge is 0.502 e. The van der Waals surface area contributed by atoms with Crippen LogP contribution < -0.4 is 5.56 Å². The second-order valence-electron chi connectivity index (χ2n) is 3.48. The van der Waals surface area contributed by atoms with Crippen LogP contribution in [0, 0.1) is 11.6 Å². The highest BCUT2D eigenvalue weighted by Gasteiger charge is 2.36. The number of carbonyl (C=O) groups is 1. The quantitative estimate of drug-likeness (QED) is 0.598. The number of halogens is 2. The van der Waals surface area contributed by atoms with Crippen molar-refractivity contribution in [3.05, 3.63) is 39.2 Å². The van der Waals surface area contributed by atoms with Crippen LogP contribution in [0.3, 0.4) is 0 Å². The van der Waals surface area contributed by atoms with Crippen molar-refractivity contribution >= 4 is 16.7 Å². The van der Waals surface area contributed by atoms with Crippen LogP contribution in [0.25, 0.3) is 10.9 Å². The van der Waals surface area contributed by atoms with Crippen LogP contribution >= 0.6 is 0 Å². The smallest absolute Gasteiger partial charge is 0.291 e. The summed E-state index contributed by atoms with van der Waals surface area (Å²) in [5.41, 5.74) is -1.55. The maximum absolute atomic E-state index is 13.2. The first kappa shape index (κ1) is 9.02. The predicted molar refractivity (Wildman–Crippen MR) is 49.6 cm³/mol. The van der Waals surface area contributed by atoms with Gasteiger partial charge < -0.3 is 10.1 Å². The molecule has 0 fully saturated rings. The number of hydrogen-bond acceptors (Lipinski definition) is 3. The highest BCUT2D eigenvalue weighted by Crippen LogP contribution is 2.39. The van der Waals surface area contributed by atoms with Crippen molar-refractivity contribution in [1.82, 2.24) is 4.98 Å². The Morgan fingerprint density at radius 1 is 1.19 bits per heavy atom. The number of rotatable bonds is 0. The van der Waals surface area contributed by atoms with E-state index in [-0.39, 0.29) is 16.5 Å². The lowest BCUT2D eigenvalue weighted by Gasteiger charge is -2.19. The van der Waals surface area contributed by atoms with E-state index < -0.39 is 34.3 Å². The van der Waals surface area contributed by atoms with E-state index in [0.29, 0.717) is 0 Å². The van der Waals surface area contributed by atoms with Gasteiger partial charge in [-0.3, -0.25) is 9.59 Å². The Balaban J connectivity index is 2.65. The van der Waals surface area contributed by atoms with Crippen molar-refractivity contribution in [3.8, 4) is 5.75 Å². The molecule has 0 amide bonds. The monoisotopic (exact) mass is 223 g/mol. The van der Waals surface area contributed by atoms with Crippen LogP contribution in [-0.4, -0.2) is 15.9 Å². The average molecular weight is 223 g/mol. The minimum absolute atomic E-state index is 0.00583. The highest BCUT2D eigenvalue weighted by molar-refractivity contribution is 6.32. The van der Waals surface area contributed by atoms with E-state index >= 15 is 0 Å². The number of aromatic hydroxyl groups is 1. The van der Waals surface area contributed by atoms with Crippen LogP contribution in [-0.2, 0) is 0 Å². The molecule has 1 aromatic carbocycles. The van der Waals surface area contributed by atoms with Crippen molar-refractivity contribution in [2.24, 2.45) is 0 Å². The Morgan fingerprint density at radius 2 is 1.88 bits per heavy atom. The summed E-state index contributed by atoms with van der Waals surface area (Å²) < 4.78 is 26.3. The molecule has 6 heteroatoms. The van der Waals surface area contributed by atoms with Crippen LogP contribution in [0.2, 0.25) is 0 Å². The Hall–Kier alpha value is -2.24. The molecule has 0 atom stereocenters. The topological polar surface area (TPSA) is 70.2 Å². The molecule has 80 valence electrons. The van der Waals surface area contributed by atoms with Crippen molar-refractivity contribution < 1.29 is 18.7 Å². The molecule has 3 rings (SSSR count). The van der Waals surface area contributed by atoms with Gasteiger partial charge in [-0.25, -0.2) is 8.78 Å². The Kier molecular flexibility index (Phi) is 1.39. The summed E-state index contributed by atoms with van der Waals surface area (Å²) in [5, 5.41) is 9.37. The molecule has 4 nitrogen and oxygen atoms in total. The van der Waals surface area contributed by atoms with Gasteiger partial charge in [0.25, 0.3) is 5.56 Å². The molecule has 0 spiro atoms. The fourth-order valence-corrected chi connectivity index (χ4v) is 1.89. The standard InChI is InChI=1S/C10H3F2NO3/c11-2-1-3-4-5(7(2)12)8(14)6(4)9(15)10(16)13-3/h1,15H,(H,13,16). The number of aromatic amines is 1. The Labute approximate surface area is 86.1 Å². The van der Waals surface area contributed by atoms with Crippen molar-refractivity contribution in [2.75, 3.05) is 0 Å². The second-order valence-corrected chi connectivity index (χ2v) is 3.48. The SMILES string of the molecule is O=C1c2c(F)c(F)cc3[nH]c(=O)c(O)c1c23. The second kappa shape index (κ2) is 2.46. The van der Waals surface area contributed by atoms with Gasteiger partial charge in [0.15, 0.2) is 17.4 Å². The summed E-state index contributed by atoms with van der Waals surface area (Å²) in [6, 6.07) is 0.783. The third kappa shape index (κ3) is 0.781. The first-order chi connectivity index (χ1) is 7.52. The third-order valence-corrected chi connectivity index (χ3v) is 2.62. The van der Waals surface area contributed by atoms with Gasteiger partial charge >= 0.3 is 0 Å². The lowest BCUT2D eigenvalue weighted by atomic mass is 9.84. The molecule has 0 unspecified atom stereocenters. The summed E-state index contributed by atoms with van der Waals surface area (Å²) in [6.45, 7) is 0. The maximum atomic E-state index is 13.2. The lowest BCUT2D eigenvalue weighted by molar-refractivity contribution is 0.102. The molecule has 0 bridgehead atoms. The van der Waals surface area contributed by atoms with E-state index in [1.54, 1.807) is 0 Å². The number of H-pyrrole nitrogens is 1. The highest BCUT2D eigenvalue weighted by atomic mass is 19.2. The zero-order valence-corrected chi connectivity index (χ0v) is 7.60. The summed E-state index contributed by atoms with van der Waals surface area (Å²) >= 11 is 0. The van der Waals surface area contributed by atoms with E-state index in [4.69, 9.17) is 0 Å². The van der Waals surface area contributed by atoms with Gasteiger partial charge in [-0.1, -0.05) is 0 Å². The first-order valence-corrected chi connectivity index (χ1v) is 4.34. The molecule has 2 aromatic rings.